The molecule has 0 saturated carbocycles. The van der Waals surface area contributed by atoms with Gasteiger partial charge in [0.25, 0.3) is 0 Å². The van der Waals surface area contributed by atoms with Crippen LogP contribution in [0.2, 0.25) is 0 Å². The Morgan fingerprint density at radius 2 is 2.11 bits per heavy atom. The van der Waals surface area contributed by atoms with Gasteiger partial charge in [0.05, 0.1) is 17.6 Å². The summed E-state index contributed by atoms with van der Waals surface area (Å²) in [5.41, 5.74) is 2.18. The van der Waals surface area contributed by atoms with E-state index in [1.165, 1.54) is 5.56 Å². The number of thioether (sulfide) groups is 1. The van der Waals surface area contributed by atoms with Crippen molar-refractivity contribution in [1.29, 1.82) is 0 Å². The van der Waals surface area contributed by atoms with Crippen molar-refractivity contribution in [2.45, 2.75) is 43.8 Å². The van der Waals surface area contributed by atoms with Crippen LogP contribution in [0.15, 0.2) is 42.7 Å². The number of hydrogen-bond donors (Lipinski definition) is 0. The third-order valence-corrected chi connectivity index (χ3v) is 6.91. The van der Waals surface area contributed by atoms with Crippen molar-refractivity contribution >= 4 is 23.6 Å². The molecule has 2 fully saturated rings. The zero-order chi connectivity index (χ0) is 19.0. The van der Waals surface area contributed by atoms with E-state index in [1.54, 1.807) is 29.9 Å². The van der Waals surface area contributed by atoms with Crippen molar-refractivity contribution in [3.8, 4) is 0 Å². The SMILES string of the molecule is CN(Cc1cnn(Cc2ccccc2)c1)C(=O)C1CSC2(C)CCC(=O)N12. The highest BCUT2D eigenvalue weighted by Crippen LogP contribution is 2.47. The summed E-state index contributed by atoms with van der Waals surface area (Å²) in [4.78, 5) is 28.6. The van der Waals surface area contributed by atoms with E-state index in [2.05, 4.69) is 24.2 Å². The molecule has 2 aromatic rings. The maximum absolute atomic E-state index is 13.0. The van der Waals surface area contributed by atoms with E-state index in [1.807, 2.05) is 34.0 Å². The molecule has 3 heterocycles. The Balaban J connectivity index is 1.40. The lowest BCUT2D eigenvalue weighted by molar-refractivity contribution is -0.143. The van der Waals surface area contributed by atoms with Crippen LogP contribution in [0.5, 0.6) is 0 Å². The Bertz CT molecular complexity index is 853. The lowest BCUT2D eigenvalue weighted by Crippen LogP contribution is -2.50. The van der Waals surface area contributed by atoms with E-state index in [-0.39, 0.29) is 22.7 Å². The maximum atomic E-state index is 13.0. The van der Waals surface area contributed by atoms with Crippen LogP contribution in [0.25, 0.3) is 0 Å². The predicted molar refractivity (Wildman–Crippen MR) is 105 cm³/mol. The molecule has 142 valence electrons. The highest BCUT2D eigenvalue weighted by Gasteiger charge is 2.53. The second-order valence-corrected chi connectivity index (χ2v) is 8.99. The van der Waals surface area contributed by atoms with Crippen LogP contribution in [0, 0.1) is 0 Å². The minimum absolute atomic E-state index is 0.0114. The Kier molecular flexibility index (Phi) is 4.72. The van der Waals surface area contributed by atoms with Crippen LogP contribution < -0.4 is 0 Å². The summed E-state index contributed by atoms with van der Waals surface area (Å²) in [6.45, 7) is 3.27. The Hall–Kier alpha value is -2.28. The number of rotatable bonds is 5. The van der Waals surface area contributed by atoms with Gasteiger partial charge in [0, 0.05) is 37.5 Å². The molecule has 0 radical (unpaired) electrons. The third-order valence-electron chi connectivity index (χ3n) is 5.40. The number of aromatic nitrogens is 2. The number of carbonyl (C=O) groups is 2. The quantitative estimate of drug-likeness (QED) is 0.794. The van der Waals surface area contributed by atoms with Crippen LogP contribution in [0.3, 0.4) is 0 Å². The number of likely N-dealkylation sites (N-methyl/N-ethyl adjacent to an activating group) is 1. The van der Waals surface area contributed by atoms with Gasteiger partial charge in [0.15, 0.2) is 0 Å². The molecule has 0 spiro atoms. The fourth-order valence-electron chi connectivity index (χ4n) is 3.95. The molecule has 1 aromatic carbocycles. The molecule has 0 bridgehead atoms. The Morgan fingerprint density at radius 1 is 1.33 bits per heavy atom. The molecule has 2 aliphatic heterocycles. The minimum Gasteiger partial charge on any atom is -0.339 e. The van der Waals surface area contributed by atoms with Gasteiger partial charge in [-0.2, -0.15) is 5.10 Å². The number of amides is 2. The summed E-state index contributed by atoms with van der Waals surface area (Å²) in [6, 6.07) is 9.81. The van der Waals surface area contributed by atoms with E-state index in [0.717, 1.165) is 12.0 Å². The number of hydrogen-bond acceptors (Lipinski definition) is 4. The van der Waals surface area contributed by atoms with Crippen molar-refractivity contribution < 1.29 is 9.59 Å². The first-order chi connectivity index (χ1) is 13.0. The van der Waals surface area contributed by atoms with Crippen LogP contribution >= 0.6 is 11.8 Å². The standard InChI is InChI=1S/C20H24N4O2S/c1-20-9-8-18(25)24(20)17(14-27-20)19(26)22(2)11-16-10-21-23(13-16)12-15-6-4-3-5-7-15/h3-7,10,13,17H,8-9,11-12,14H2,1-2H3. The third kappa shape index (κ3) is 3.48. The maximum Gasteiger partial charge on any atom is 0.246 e. The van der Waals surface area contributed by atoms with Crippen molar-refractivity contribution in [2.24, 2.45) is 0 Å². The van der Waals surface area contributed by atoms with Gasteiger partial charge in [0.1, 0.15) is 6.04 Å². The number of fused-ring (bicyclic) bond motifs is 1. The van der Waals surface area contributed by atoms with Gasteiger partial charge in [0.2, 0.25) is 11.8 Å². The monoisotopic (exact) mass is 384 g/mol. The van der Waals surface area contributed by atoms with Gasteiger partial charge in [-0.05, 0) is 18.9 Å². The fourth-order valence-corrected chi connectivity index (χ4v) is 5.38. The van der Waals surface area contributed by atoms with Gasteiger partial charge >= 0.3 is 0 Å². The lowest BCUT2D eigenvalue weighted by Gasteiger charge is -2.31. The molecular formula is C20H24N4O2S. The second-order valence-electron chi connectivity index (χ2n) is 7.49. The van der Waals surface area contributed by atoms with Gasteiger partial charge in [-0.15, -0.1) is 11.8 Å². The number of carbonyl (C=O) groups excluding carboxylic acids is 2. The zero-order valence-corrected chi connectivity index (χ0v) is 16.5. The summed E-state index contributed by atoms with van der Waals surface area (Å²) in [6.07, 6.45) is 5.16. The van der Waals surface area contributed by atoms with Crippen molar-refractivity contribution in [1.82, 2.24) is 19.6 Å². The van der Waals surface area contributed by atoms with E-state index in [9.17, 15) is 9.59 Å². The first-order valence-corrected chi connectivity index (χ1v) is 10.2. The molecule has 2 atom stereocenters. The molecule has 7 heteroatoms. The van der Waals surface area contributed by atoms with Gasteiger partial charge in [-0.1, -0.05) is 30.3 Å². The normalized spacial score (nSPS) is 24.3. The Labute approximate surface area is 163 Å². The Morgan fingerprint density at radius 3 is 2.89 bits per heavy atom. The van der Waals surface area contributed by atoms with Crippen LogP contribution in [-0.2, 0) is 22.7 Å². The molecule has 0 N–H and O–H groups in total. The van der Waals surface area contributed by atoms with Gasteiger partial charge < -0.3 is 9.80 Å². The molecule has 27 heavy (non-hydrogen) atoms. The molecule has 2 saturated heterocycles. The fraction of sp³-hybridized carbons (Fsp3) is 0.450. The average molecular weight is 385 g/mol. The first-order valence-electron chi connectivity index (χ1n) is 9.23. The van der Waals surface area contributed by atoms with E-state index in [4.69, 9.17) is 0 Å². The van der Waals surface area contributed by atoms with Gasteiger partial charge in [-0.3, -0.25) is 14.3 Å². The topological polar surface area (TPSA) is 58.4 Å². The summed E-state index contributed by atoms with van der Waals surface area (Å²) >= 11 is 1.73. The minimum atomic E-state index is -0.348. The van der Waals surface area contributed by atoms with Crippen LogP contribution in [-0.4, -0.2) is 55.1 Å². The molecule has 2 amide bonds. The number of nitrogens with zero attached hydrogens (tertiary/aromatic N) is 4. The second kappa shape index (κ2) is 7.03. The summed E-state index contributed by atoms with van der Waals surface area (Å²) in [7, 11) is 1.80. The molecule has 2 unspecified atom stereocenters. The average Bonchev–Trinajstić information content (AvgIpc) is 3.31. The summed E-state index contributed by atoms with van der Waals surface area (Å²) in [5, 5.41) is 4.41. The molecule has 2 aliphatic rings. The molecule has 1 aromatic heterocycles. The predicted octanol–water partition coefficient (Wildman–Crippen LogP) is 2.34. The smallest absolute Gasteiger partial charge is 0.246 e. The summed E-state index contributed by atoms with van der Waals surface area (Å²) < 4.78 is 1.88. The summed E-state index contributed by atoms with van der Waals surface area (Å²) in [5.74, 6) is 0.792. The van der Waals surface area contributed by atoms with Crippen molar-refractivity contribution in [2.75, 3.05) is 12.8 Å². The molecule has 6 nitrogen and oxygen atoms in total. The lowest BCUT2D eigenvalue weighted by atomic mass is 10.2. The zero-order valence-electron chi connectivity index (χ0n) is 15.7. The molecular weight excluding hydrogens is 360 g/mol. The van der Waals surface area contributed by atoms with Crippen molar-refractivity contribution in [3.63, 3.8) is 0 Å². The number of benzene rings is 1. The highest BCUT2D eigenvalue weighted by molar-refractivity contribution is 8.01. The first kappa shape index (κ1) is 18.1. The van der Waals surface area contributed by atoms with Crippen LogP contribution in [0.1, 0.15) is 30.9 Å². The van der Waals surface area contributed by atoms with Gasteiger partial charge in [-0.25, -0.2) is 0 Å². The largest absolute Gasteiger partial charge is 0.339 e. The van der Waals surface area contributed by atoms with E-state index >= 15 is 0 Å². The van der Waals surface area contributed by atoms with E-state index < -0.39 is 0 Å². The highest BCUT2D eigenvalue weighted by atomic mass is 32.2. The van der Waals surface area contributed by atoms with E-state index in [0.29, 0.717) is 25.3 Å². The molecule has 4 rings (SSSR count). The van der Waals surface area contributed by atoms with Crippen molar-refractivity contribution in [3.05, 3.63) is 53.9 Å². The molecule has 0 aliphatic carbocycles. The van der Waals surface area contributed by atoms with Crippen LogP contribution in [0.4, 0.5) is 0 Å².